The van der Waals surface area contributed by atoms with E-state index < -0.39 is 5.25 Å². The summed E-state index contributed by atoms with van der Waals surface area (Å²) in [6.45, 7) is 1.87. The van der Waals surface area contributed by atoms with Gasteiger partial charge in [0.25, 0.3) is 11.1 Å². The molecule has 1 aromatic heterocycles. The molecule has 134 valence electrons. The van der Waals surface area contributed by atoms with Gasteiger partial charge < -0.3 is 9.15 Å². The fourth-order valence-electron chi connectivity index (χ4n) is 2.13. The van der Waals surface area contributed by atoms with Gasteiger partial charge in [0.05, 0.1) is 10.3 Å². The van der Waals surface area contributed by atoms with E-state index in [0.717, 1.165) is 0 Å². The molecular formula is C18H14Cl2N2O3S. The van der Waals surface area contributed by atoms with Gasteiger partial charge in [-0.25, -0.2) is 0 Å². The van der Waals surface area contributed by atoms with Crippen molar-refractivity contribution in [3.05, 3.63) is 70.0 Å². The molecule has 0 amide bonds. The molecule has 3 rings (SSSR count). The molecule has 0 radical (unpaired) electrons. The number of halogens is 2. The van der Waals surface area contributed by atoms with E-state index in [-0.39, 0.29) is 12.4 Å². The van der Waals surface area contributed by atoms with Crippen LogP contribution in [0.1, 0.15) is 23.2 Å². The Morgan fingerprint density at radius 2 is 2.00 bits per heavy atom. The predicted molar refractivity (Wildman–Crippen MR) is 101 cm³/mol. The normalized spacial score (nSPS) is 12.0. The van der Waals surface area contributed by atoms with E-state index in [9.17, 15) is 4.79 Å². The minimum absolute atomic E-state index is 0.0652. The van der Waals surface area contributed by atoms with Crippen LogP contribution < -0.4 is 4.74 Å². The monoisotopic (exact) mass is 408 g/mol. The molecule has 0 bridgehead atoms. The summed E-state index contributed by atoms with van der Waals surface area (Å²) in [6.07, 6.45) is 0. The molecule has 5 nitrogen and oxygen atoms in total. The number of aromatic nitrogens is 2. The Morgan fingerprint density at radius 3 is 2.77 bits per heavy atom. The molecule has 0 fully saturated rings. The summed E-state index contributed by atoms with van der Waals surface area (Å²) in [5, 5.41) is 8.78. The smallest absolute Gasteiger partial charge is 0.277 e. The number of carbonyl (C=O) groups is 1. The second-order valence-electron chi connectivity index (χ2n) is 5.32. The number of hydrogen-bond acceptors (Lipinski definition) is 6. The molecule has 0 saturated heterocycles. The highest BCUT2D eigenvalue weighted by atomic mass is 35.5. The maximum atomic E-state index is 12.4. The van der Waals surface area contributed by atoms with E-state index in [0.29, 0.717) is 32.5 Å². The summed E-state index contributed by atoms with van der Waals surface area (Å²) in [5.41, 5.74) is 0.541. The summed E-state index contributed by atoms with van der Waals surface area (Å²) >= 11 is 13.1. The number of ether oxygens (including phenoxy) is 1. The highest BCUT2D eigenvalue weighted by Gasteiger charge is 2.20. The molecular weight excluding hydrogens is 395 g/mol. The zero-order chi connectivity index (χ0) is 18.5. The molecule has 8 heteroatoms. The first kappa shape index (κ1) is 18.8. The van der Waals surface area contributed by atoms with E-state index in [1.165, 1.54) is 11.8 Å². The van der Waals surface area contributed by atoms with Gasteiger partial charge in [-0.15, -0.1) is 10.2 Å². The Morgan fingerprint density at radius 1 is 1.19 bits per heavy atom. The first-order valence-corrected chi connectivity index (χ1v) is 9.32. The van der Waals surface area contributed by atoms with Crippen molar-refractivity contribution in [2.45, 2.75) is 24.0 Å². The molecule has 26 heavy (non-hydrogen) atoms. The maximum absolute atomic E-state index is 12.4. The highest BCUT2D eigenvalue weighted by molar-refractivity contribution is 8.00. The molecule has 3 aromatic rings. The molecule has 0 saturated carbocycles. The van der Waals surface area contributed by atoms with Crippen LogP contribution in [-0.2, 0) is 6.61 Å². The minimum atomic E-state index is -0.397. The van der Waals surface area contributed by atoms with Gasteiger partial charge in [-0.2, -0.15) is 0 Å². The average Bonchev–Trinajstić information content (AvgIpc) is 3.07. The maximum Gasteiger partial charge on any atom is 0.277 e. The van der Waals surface area contributed by atoms with Crippen LogP contribution >= 0.6 is 35.0 Å². The van der Waals surface area contributed by atoms with Crippen molar-refractivity contribution in [3.8, 4) is 5.75 Å². The lowest BCUT2D eigenvalue weighted by Crippen LogP contribution is -2.13. The Kier molecular flexibility index (Phi) is 6.19. The third-order valence-corrected chi connectivity index (χ3v) is 4.87. The van der Waals surface area contributed by atoms with Gasteiger partial charge >= 0.3 is 0 Å². The van der Waals surface area contributed by atoms with Crippen LogP contribution in [0.2, 0.25) is 10.0 Å². The van der Waals surface area contributed by atoms with Crippen molar-refractivity contribution >= 4 is 40.7 Å². The number of nitrogens with zero attached hydrogens (tertiary/aromatic N) is 2. The second kappa shape index (κ2) is 8.58. The molecule has 0 aliphatic carbocycles. The number of para-hydroxylation sites is 1. The van der Waals surface area contributed by atoms with Crippen molar-refractivity contribution in [3.63, 3.8) is 0 Å². The average molecular weight is 409 g/mol. The number of benzene rings is 2. The van der Waals surface area contributed by atoms with E-state index in [1.807, 2.05) is 12.1 Å². The van der Waals surface area contributed by atoms with Crippen LogP contribution in [0.25, 0.3) is 0 Å². The highest BCUT2D eigenvalue weighted by Crippen LogP contribution is 2.27. The zero-order valence-corrected chi connectivity index (χ0v) is 16.0. The lowest BCUT2D eigenvalue weighted by molar-refractivity contribution is 0.0993. The lowest BCUT2D eigenvalue weighted by Gasteiger charge is -2.07. The summed E-state index contributed by atoms with van der Waals surface area (Å²) in [4.78, 5) is 12.4. The van der Waals surface area contributed by atoms with Crippen LogP contribution in [0.4, 0.5) is 0 Å². The SMILES string of the molecule is CC(Sc1nnc(COc2ccccc2Cl)o1)C(=O)c1cccc(Cl)c1. The second-order valence-corrected chi connectivity index (χ2v) is 7.45. The third-order valence-electron chi connectivity index (χ3n) is 3.39. The molecule has 0 spiro atoms. The zero-order valence-electron chi connectivity index (χ0n) is 13.7. The van der Waals surface area contributed by atoms with Gasteiger partial charge in [-0.05, 0) is 31.2 Å². The summed E-state index contributed by atoms with van der Waals surface area (Å²) in [5.74, 6) is 0.769. The Hall–Kier alpha value is -2.02. The van der Waals surface area contributed by atoms with Crippen LogP contribution in [0.5, 0.6) is 5.75 Å². The van der Waals surface area contributed by atoms with E-state index in [4.69, 9.17) is 32.4 Å². The number of carbonyl (C=O) groups excluding carboxylic acids is 1. The Bertz CT molecular complexity index is 917. The lowest BCUT2D eigenvalue weighted by atomic mass is 10.1. The molecule has 1 atom stereocenters. The topological polar surface area (TPSA) is 65.2 Å². The van der Waals surface area contributed by atoms with Crippen molar-refractivity contribution in [2.75, 3.05) is 0 Å². The standard InChI is InChI=1S/C18H14Cl2N2O3S/c1-11(17(23)12-5-4-6-13(19)9-12)26-18-22-21-16(25-18)10-24-15-8-3-2-7-14(15)20/h2-9,11H,10H2,1H3. The van der Waals surface area contributed by atoms with Gasteiger partial charge in [0.1, 0.15) is 5.75 Å². The van der Waals surface area contributed by atoms with Gasteiger partial charge in [-0.1, -0.05) is 59.2 Å². The van der Waals surface area contributed by atoms with E-state index >= 15 is 0 Å². The number of ketones is 1. The largest absolute Gasteiger partial charge is 0.482 e. The summed E-state index contributed by atoms with van der Waals surface area (Å²) < 4.78 is 11.1. The Labute approximate surface area is 164 Å². The molecule has 0 aliphatic heterocycles. The number of hydrogen-bond donors (Lipinski definition) is 0. The van der Waals surface area contributed by atoms with E-state index in [1.54, 1.807) is 43.3 Å². The third kappa shape index (κ3) is 4.78. The van der Waals surface area contributed by atoms with Crippen molar-refractivity contribution in [1.82, 2.24) is 10.2 Å². The molecule has 0 aliphatic rings. The molecule has 1 heterocycles. The van der Waals surface area contributed by atoms with Gasteiger partial charge in [-0.3, -0.25) is 4.79 Å². The quantitative estimate of drug-likeness (QED) is 0.389. The molecule has 1 unspecified atom stereocenters. The van der Waals surface area contributed by atoms with Crippen LogP contribution in [0.3, 0.4) is 0 Å². The first-order chi connectivity index (χ1) is 12.5. The van der Waals surface area contributed by atoms with Crippen LogP contribution in [0.15, 0.2) is 58.2 Å². The van der Waals surface area contributed by atoms with Crippen LogP contribution in [0, 0.1) is 0 Å². The summed E-state index contributed by atoms with van der Waals surface area (Å²) in [7, 11) is 0. The van der Waals surface area contributed by atoms with Gasteiger partial charge in [0.2, 0.25) is 0 Å². The van der Waals surface area contributed by atoms with Crippen LogP contribution in [-0.4, -0.2) is 21.2 Å². The Balaban J connectivity index is 1.59. The van der Waals surface area contributed by atoms with Gasteiger partial charge in [0.15, 0.2) is 12.4 Å². The number of Topliss-reactive ketones (excluding diaryl/α,β-unsaturated/α-hetero) is 1. The van der Waals surface area contributed by atoms with Crippen molar-refractivity contribution in [2.24, 2.45) is 0 Å². The first-order valence-electron chi connectivity index (χ1n) is 7.69. The number of rotatable bonds is 7. The molecule has 0 N–H and O–H groups in total. The summed E-state index contributed by atoms with van der Waals surface area (Å²) in [6, 6.07) is 13.9. The van der Waals surface area contributed by atoms with Gasteiger partial charge in [0, 0.05) is 10.6 Å². The van der Waals surface area contributed by atoms with E-state index in [2.05, 4.69) is 10.2 Å². The fourth-order valence-corrected chi connectivity index (χ4v) is 3.29. The predicted octanol–water partition coefficient (Wildman–Crippen LogP) is 5.32. The number of thioether (sulfide) groups is 1. The molecule has 2 aromatic carbocycles. The minimum Gasteiger partial charge on any atom is -0.482 e. The fraction of sp³-hybridized carbons (Fsp3) is 0.167. The van der Waals surface area contributed by atoms with Crippen molar-refractivity contribution < 1.29 is 13.9 Å². The van der Waals surface area contributed by atoms with Crippen molar-refractivity contribution in [1.29, 1.82) is 0 Å².